The van der Waals surface area contributed by atoms with E-state index in [2.05, 4.69) is 25.3 Å². The Hall–Kier alpha value is -0.550. The van der Waals surface area contributed by atoms with Gasteiger partial charge in [-0.1, -0.05) is 20.3 Å². The van der Waals surface area contributed by atoms with Crippen LogP contribution in [0.5, 0.6) is 0 Å². The van der Waals surface area contributed by atoms with Gasteiger partial charge in [0, 0.05) is 12.6 Å². The number of nitriles is 1. The molecule has 2 heteroatoms. The predicted octanol–water partition coefficient (Wildman–Crippen LogP) is 2.80. The van der Waals surface area contributed by atoms with Crippen molar-refractivity contribution in [3.8, 4) is 6.57 Å². The zero-order valence-corrected chi connectivity index (χ0v) is 9.00. The van der Waals surface area contributed by atoms with E-state index in [1.54, 1.807) is 0 Å². The SMILES string of the molecule is C#N.CCCN1CCCCC1CC. The number of hydrogen-bond donors (Lipinski definition) is 0. The molecule has 0 N–H and O–H groups in total. The molecule has 1 rings (SSSR count). The van der Waals surface area contributed by atoms with Gasteiger partial charge in [0.15, 0.2) is 0 Å². The molecule has 1 atom stereocenters. The Labute approximate surface area is 82.5 Å². The van der Waals surface area contributed by atoms with Gasteiger partial charge in [0.1, 0.15) is 0 Å². The number of rotatable bonds is 3. The Morgan fingerprint density at radius 2 is 2.00 bits per heavy atom. The van der Waals surface area contributed by atoms with Crippen LogP contribution >= 0.6 is 0 Å². The summed E-state index contributed by atoms with van der Waals surface area (Å²) in [7, 11) is 0. The lowest BCUT2D eigenvalue weighted by molar-refractivity contribution is 0.144. The van der Waals surface area contributed by atoms with E-state index < -0.39 is 0 Å². The lowest BCUT2D eigenvalue weighted by Crippen LogP contribution is -2.39. The lowest BCUT2D eigenvalue weighted by Gasteiger charge is -2.34. The molecule has 2 nitrogen and oxygen atoms in total. The van der Waals surface area contributed by atoms with Crippen molar-refractivity contribution in [2.24, 2.45) is 0 Å². The fourth-order valence-corrected chi connectivity index (χ4v) is 2.10. The second-order valence-electron chi connectivity index (χ2n) is 3.59. The van der Waals surface area contributed by atoms with E-state index in [1.165, 1.54) is 45.2 Å². The van der Waals surface area contributed by atoms with Gasteiger partial charge in [-0.05, 0) is 38.8 Å². The van der Waals surface area contributed by atoms with Crippen LogP contribution in [0.25, 0.3) is 0 Å². The molecular weight excluding hydrogens is 160 g/mol. The summed E-state index contributed by atoms with van der Waals surface area (Å²) in [5.41, 5.74) is 0. The maximum atomic E-state index is 6.50. The van der Waals surface area contributed by atoms with Gasteiger partial charge in [-0.15, -0.1) is 0 Å². The van der Waals surface area contributed by atoms with E-state index in [-0.39, 0.29) is 0 Å². The first-order valence-corrected chi connectivity index (χ1v) is 5.38. The minimum Gasteiger partial charge on any atom is -0.300 e. The van der Waals surface area contributed by atoms with Gasteiger partial charge >= 0.3 is 0 Å². The summed E-state index contributed by atoms with van der Waals surface area (Å²) in [4.78, 5) is 2.67. The Morgan fingerprint density at radius 3 is 2.54 bits per heavy atom. The molecule has 0 spiro atoms. The summed E-state index contributed by atoms with van der Waals surface area (Å²) in [6.45, 7) is 10.8. The molecule has 0 aromatic rings. The summed E-state index contributed by atoms with van der Waals surface area (Å²) in [5, 5.41) is 6.50. The highest BCUT2D eigenvalue weighted by molar-refractivity contribution is 4.74. The van der Waals surface area contributed by atoms with Crippen molar-refractivity contribution in [3.05, 3.63) is 0 Å². The highest BCUT2D eigenvalue weighted by Crippen LogP contribution is 2.18. The van der Waals surface area contributed by atoms with Gasteiger partial charge in [-0.25, -0.2) is 5.26 Å². The van der Waals surface area contributed by atoms with Crippen LogP contribution in [0.2, 0.25) is 0 Å². The van der Waals surface area contributed by atoms with Crippen molar-refractivity contribution < 1.29 is 0 Å². The van der Waals surface area contributed by atoms with Gasteiger partial charge in [-0.3, -0.25) is 0 Å². The Bertz CT molecular complexity index is 129. The molecule has 0 radical (unpaired) electrons. The average Bonchev–Trinajstić information content (AvgIpc) is 2.22. The molecule has 1 aliphatic rings. The lowest BCUT2D eigenvalue weighted by atomic mass is 10.00. The van der Waals surface area contributed by atoms with E-state index in [0.29, 0.717) is 0 Å². The zero-order chi connectivity index (χ0) is 10.1. The first-order chi connectivity index (χ1) is 6.38. The number of hydrogen-bond acceptors (Lipinski definition) is 2. The Balaban J connectivity index is 0.000000671. The third kappa shape index (κ3) is 4.28. The number of nitrogens with zero attached hydrogens (tertiary/aromatic N) is 2. The van der Waals surface area contributed by atoms with Crippen LogP contribution in [0, 0.1) is 11.8 Å². The molecule has 1 heterocycles. The normalized spacial score (nSPS) is 23.2. The highest BCUT2D eigenvalue weighted by atomic mass is 15.2. The Kier molecular flexibility index (Phi) is 7.73. The first-order valence-electron chi connectivity index (χ1n) is 5.38. The molecule has 0 amide bonds. The molecule has 0 saturated carbocycles. The van der Waals surface area contributed by atoms with Crippen LogP contribution in [0.3, 0.4) is 0 Å². The fourth-order valence-electron chi connectivity index (χ4n) is 2.10. The number of piperidine rings is 1. The second kappa shape index (κ2) is 8.07. The van der Waals surface area contributed by atoms with E-state index >= 15 is 0 Å². The first kappa shape index (κ1) is 12.4. The monoisotopic (exact) mass is 182 g/mol. The van der Waals surface area contributed by atoms with Crippen molar-refractivity contribution in [1.82, 2.24) is 4.90 Å². The molecule has 1 unspecified atom stereocenters. The maximum Gasteiger partial charge on any atom is 0.0462 e. The molecule has 76 valence electrons. The van der Waals surface area contributed by atoms with Crippen LogP contribution in [0.15, 0.2) is 0 Å². The largest absolute Gasteiger partial charge is 0.300 e. The summed E-state index contributed by atoms with van der Waals surface area (Å²) < 4.78 is 0. The topological polar surface area (TPSA) is 27.0 Å². The van der Waals surface area contributed by atoms with Gasteiger partial charge < -0.3 is 4.90 Å². The van der Waals surface area contributed by atoms with Crippen LogP contribution in [0.1, 0.15) is 46.0 Å². The zero-order valence-electron chi connectivity index (χ0n) is 9.00. The molecule has 1 fully saturated rings. The second-order valence-corrected chi connectivity index (χ2v) is 3.59. The molecule has 0 aromatic heterocycles. The van der Waals surface area contributed by atoms with E-state index in [0.717, 1.165) is 6.04 Å². The summed E-state index contributed by atoms with van der Waals surface area (Å²) in [6, 6.07) is 0.906. The summed E-state index contributed by atoms with van der Waals surface area (Å²) in [6.07, 6.45) is 6.99. The number of likely N-dealkylation sites (tertiary alicyclic amines) is 1. The molecular formula is C11H22N2. The average molecular weight is 182 g/mol. The molecule has 0 aliphatic carbocycles. The van der Waals surface area contributed by atoms with E-state index in [9.17, 15) is 0 Å². The molecule has 1 saturated heterocycles. The summed E-state index contributed by atoms with van der Waals surface area (Å²) in [5.74, 6) is 0. The molecule has 0 aromatic carbocycles. The van der Waals surface area contributed by atoms with Crippen molar-refractivity contribution in [2.45, 2.75) is 52.0 Å². The third-order valence-electron chi connectivity index (χ3n) is 2.73. The standard InChI is InChI=1S/C10H21N.CHN/c1-3-8-11-9-6-5-7-10(11)4-2;1-2/h10H,3-9H2,1-2H3;1H. The third-order valence-corrected chi connectivity index (χ3v) is 2.73. The Morgan fingerprint density at radius 1 is 1.31 bits per heavy atom. The van der Waals surface area contributed by atoms with Gasteiger partial charge in [0.25, 0.3) is 0 Å². The summed E-state index contributed by atoms with van der Waals surface area (Å²) >= 11 is 0. The highest BCUT2D eigenvalue weighted by Gasteiger charge is 2.18. The smallest absolute Gasteiger partial charge is 0.0462 e. The maximum absolute atomic E-state index is 6.50. The molecule has 0 bridgehead atoms. The van der Waals surface area contributed by atoms with Crippen molar-refractivity contribution in [2.75, 3.05) is 13.1 Å². The minimum atomic E-state index is 0.906. The van der Waals surface area contributed by atoms with Crippen molar-refractivity contribution >= 4 is 0 Å². The van der Waals surface area contributed by atoms with Crippen LogP contribution < -0.4 is 0 Å². The van der Waals surface area contributed by atoms with Crippen LogP contribution in [-0.4, -0.2) is 24.0 Å². The van der Waals surface area contributed by atoms with Gasteiger partial charge in [-0.2, -0.15) is 0 Å². The van der Waals surface area contributed by atoms with Gasteiger partial charge in [0.05, 0.1) is 0 Å². The van der Waals surface area contributed by atoms with E-state index in [4.69, 9.17) is 5.26 Å². The van der Waals surface area contributed by atoms with Crippen molar-refractivity contribution in [1.29, 1.82) is 5.26 Å². The molecule has 13 heavy (non-hydrogen) atoms. The van der Waals surface area contributed by atoms with Crippen molar-refractivity contribution in [3.63, 3.8) is 0 Å². The van der Waals surface area contributed by atoms with Crippen LogP contribution in [0.4, 0.5) is 0 Å². The van der Waals surface area contributed by atoms with E-state index in [1.807, 2.05) is 0 Å². The van der Waals surface area contributed by atoms with Crippen LogP contribution in [-0.2, 0) is 0 Å². The minimum absolute atomic E-state index is 0.906. The molecule has 1 aliphatic heterocycles. The fraction of sp³-hybridized carbons (Fsp3) is 0.909. The predicted molar refractivity (Wildman–Crippen MR) is 56.5 cm³/mol. The quantitative estimate of drug-likeness (QED) is 0.671. The van der Waals surface area contributed by atoms with Gasteiger partial charge in [0.2, 0.25) is 0 Å².